The van der Waals surface area contributed by atoms with Gasteiger partial charge in [-0.3, -0.25) is 4.79 Å². The Hall–Kier alpha value is -4.00. The molecule has 152 valence electrons. The van der Waals surface area contributed by atoms with Crippen molar-refractivity contribution in [1.82, 2.24) is 4.98 Å². The Labute approximate surface area is 173 Å². The van der Waals surface area contributed by atoms with Crippen molar-refractivity contribution < 1.29 is 23.4 Å². The Balaban J connectivity index is 1.49. The minimum Gasteiger partial charge on any atom is -0.493 e. The zero-order valence-corrected chi connectivity index (χ0v) is 16.5. The van der Waals surface area contributed by atoms with E-state index in [1.807, 2.05) is 24.3 Å². The molecule has 0 bridgehead atoms. The van der Waals surface area contributed by atoms with Gasteiger partial charge in [-0.15, -0.1) is 0 Å². The second kappa shape index (κ2) is 8.57. The summed E-state index contributed by atoms with van der Waals surface area (Å²) in [7, 11) is 3.15. The summed E-state index contributed by atoms with van der Waals surface area (Å²) in [6, 6.07) is 19.9. The highest BCUT2D eigenvalue weighted by molar-refractivity contribution is 5.94. The fraction of sp³-hybridized carbons (Fsp3) is 0.130. The van der Waals surface area contributed by atoms with Crippen molar-refractivity contribution in [3.05, 3.63) is 66.7 Å². The third-order valence-corrected chi connectivity index (χ3v) is 4.41. The smallest absolute Gasteiger partial charge is 0.262 e. The summed E-state index contributed by atoms with van der Waals surface area (Å²) in [4.78, 5) is 16.7. The van der Waals surface area contributed by atoms with Crippen molar-refractivity contribution in [2.24, 2.45) is 0 Å². The summed E-state index contributed by atoms with van der Waals surface area (Å²) < 4.78 is 21.9. The van der Waals surface area contributed by atoms with Crippen LogP contribution in [-0.4, -0.2) is 31.7 Å². The third kappa shape index (κ3) is 4.20. The molecule has 1 aromatic heterocycles. The lowest BCUT2D eigenvalue weighted by Crippen LogP contribution is -2.20. The Morgan fingerprint density at radius 1 is 0.967 bits per heavy atom. The number of benzene rings is 3. The maximum atomic E-state index is 12.2. The first-order valence-electron chi connectivity index (χ1n) is 9.27. The van der Waals surface area contributed by atoms with Gasteiger partial charge in [0.1, 0.15) is 11.3 Å². The number of nitrogens with one attached hydrogen (secondary N) is 1. The van der Waals surface area contributed by atoms with Crippen LogP contribution in [0.4, 0.5) is 5.69 Å². The molecule has 1 N–H and O–H groups in total. The van der Waals surface area contributed by atoms with Crippen molar-refractivity contribution >= 4 is 22.7 Å². The average Bonchev–Trinajstić information content (AvgIpc) is 3.21. The van der Waals surface area contributed by atoms with E-state index in [4.69, 9.17) is 18.6 Å². The van der Waals surface area contributed by atoms with Gasteiger partial charge in [-0.1, -0.05) is 18.2 Å². The highest BCUT2D eigenvalue weighted by Gasteiger charge is 2.13. The van der Waals surface area contributed by atoms with Crippen LogP contribution >= 0.6 is 0 Å². The molecule has 0 saturated heterocycles. The number of carbonyl (C=O) groups is 1. The van der Waals surface area contributed by atoms with Gasteiger partial charge in [0.05, 0.1) is 14.2 Å². The first-order valence-corrected chi connectivity index (χ1v) is 9.27. The number of rotatable bonds is 7. The number of carbonyl (C=O) groups excluding carboxylic acids is 1. The number of aromatic nitrogens is 1. The van der Waals surface area contributed by atoms with E-state index in [9.17, 15) is 4.79 Å². The monoisotopic (exact) mass is 404 g/mol. The molecule has 0 aliphatic rings. The molecule has 1 amide bonds. The lowest BCUT2D eigenvalue weighted by atomic mass is 10.2. The SMILES string of the molecule is COc1ccc(-c2nc3cc(NC(=O)COc4ccccc4)ccc3o2)cc1OC. The van der Waals surface area contributed by atoms with Crippen LogP contribution in [0.15, 0.2) is 71.1 Å². The number of nitrogens with zero attached hydrogens (tertiary/aromatic N) is 1. The number of para-hydroxylation sites is 1. The molecule has 0 radical (unpaired) electrons. The molecule has 4 rings (SSSR count). The van der Waals surface area contributed by atoms with Gasteiger partial charge in [0, 0.05) is 11.3 Å². The number of hydrogen-bond donors (Lipinski definition) is 1. The second-order valence-corrected chi connectivity index (χ2v) is 6.42. The fourth-order valence-electron chi connectivity index (χ4n) is 2.96. The summed E-state index contributed by atoms with van der Waals surface area (Å²) in [6.45, 7) is -0.0856. The molecule has 0 fully saturated rings. The molecule has 0 saturated carbocycles. The Bertz CT molecular complexity index is 1170. The van der Waals surface area contributed by atoms with Crippen LogP contribution in [-0.2, 0) is 4.79 Å². The highest BCUT2D eigenvalue weighted by atomic mass is 16.5. The maximum absolute atomic E-state index is 12.2. The van der Waals surface area contributed by atoms with Crippen LogP contribution in [0, 0.1) is 0 Å². The lowest BCUT2D eigenvalue weighted by Gasteiger charge is -2.07. The summed E-state index contributed by atoms with van der Waals surface area (Å²) in [5.41, 5.74) is 2.60. The van der Waals surface area contributed by atoms with Gasteiger partial charge < -0.3 is 23.9 Å². The summed E-state index contributed by atoms with van der Waals surface area (Å²) >= 11 is 0. The van der Waals surface area contributed by atoms with Crippen LogP contribution in [0.5, 0.6) is 17.2 Å². The van der Waals surface area contributed by atoms with Gasteiger partial charge in [0.15, 0.2) is 23.7 Å². The molecular weight excluding hydrogens is 384 g/mol. The molecule has 0 aliphatic carbocycles. The number of oxazole rings is 1. The van der Waals surface area contributed by atoms with Crippen molar-refractivity contribution in [3.8, 4) is 28.7 Å². The molecule has 0 unspecified atom stereocenters. The van der Waals surface area contributed by atoms with E-state index in [2.05, 4.69) is 10.3 Å². The minimum absolute atomic E-state index is 0.0856. The van der Waals surface area contributed by atoms with Gasteiger partial charge >= 0.3 is 0 Å². The van der Waals surface area contributed by atoms with Crippen LogP contribution in [0.1, 0.15) is 0 Å². The highest BCUT2D eigenvalue weighted by Crippen LogP contribution is 2.33. The van der Waals surface area contributed by atoms with E-state index in [1.54, 1.807) is 56.7 Å². The number of ether oxygens (including phenoxy) is 3. The zero-order valence-electron chi connectivity index (χ0n) is 16.5. The van der Waals surface area contributed by atoms with Crippen LogP contribution in [0.2, 0.25) is 0 Å². The van der Waals surface area contributed by atoms with Crippen LogP contribution in [0.25, 0.3) is 22.6 Å². The summed E-state index contributed by atoms with van der Waals surface area (Å²) in [6.07, 6.45) is 0. The molecular formula is C23H20N2O5. The first kappa shape index (κ1) is 19.3. The molecule has 30 heavy (non-hydrogen) atoms. The van der Waals surface area contributed by atoms with Crippen molar-refractivity contribution in [2.45, 2.75) is 0 Å². The van der Waals surface area contributed by atoms with Crippen LogP contribution < -0.4 is 19.5 Å². The number of amides is 1. The topological polar surface area (TPSA) is 82.8 Å². The predicted molar refractivity (Wildman–Crippen MR) is 113 cm³/mol. The van der Waals surface area contributed by atoms with E-state index < -0.39 is 0 Å². The standard InChI is InChI=1S/C23H20N2O5/c1-27-20-10-8-15(12-21(20)28-2)23-25-18-13-16(9-11-19(18)30-23)24-22(26)14-29-17-6-4-3-5-7-17/h3-13H,14H2,1-2H3,(H,24,26). The van der Waals surface area contributed by atoms with Gasteiger partial charge in [0.2, 0.25) is 5.89 Å². The molecule has 0 spiro atoms. The predicted octanol–water partition coefficient (Wildman–Crippen LogP) is 4.53. The summed E-state index contributed by atoms with van der Waals surface area (Å²) in [5, 5.41) is 2.80. The van der Waals surface area contributed by atoms with Crippen molar-refractivity contribution in [1.29, 1.82) is 0 Å². The average molecular weight is 404 g/mol. The molecule has 4 aromatic rings. The first-order chi connectivity index (χ1) is 14.7. The quantitative estimate of drug-likeness (QED) is 0.487. The largest absolute Gasteiger partial charge is 0.493 e. The van der Waals surface area contributed by atoms with Crippen molar-refractivity contribution in [3.63, 3.8) is 0 Å². The number of fused-ring (bicyclic) bond motifs is 1. The zero-order chi connectivity index (χ0) is 20.9. The van der Waals surface area contributed by atoms with Crippen LogP contribution in [0.3, 0.4) is 0 Å². The summed E-state index contributed by atoms with van der Waals surface area (Å²) in [5.74, 6) is 2.03. The molecule has 7 nitrogen and oxygen atoms in total. The van der Waals surface area contributed by atoms with Gasteiger partial charge in [-0.05, 0) is 48.5 Å². The Morgan fingerprint density at radius 3 is 2.53 bits per heavy atom. The Kier molecular flexibility index (Phi) is 5.52. The molecule has 0 atom stereocenters. The number of anilines is 1. The van der Waals surface area contributed by atoms with Crippen molar-refractivity contribution in [2.75, 3.05) is 26.1 Å². The second-order valence-electron chi connectivity index (χ2n) is 6.42. The number of methoxy groups -OCH3 is 2. The molecule has 1 heterocycles. The van der Waals surface area contributed by atoms with Gasteiger partial charge in [0.25, 0.3) is 5.91 Å². The third-order valence-electron chi connectivity index (χ3n) is 4.41. The van der Waals surface area contributed by atoms with E-state index in [1.165, 1.54) is 0 Å². The van der Waals surface area contributed by atoms with Gasteiger partial charge in [-0.25, -0.2) is 4.98 Å². The molecule has 7 heteroatoms. The molecule has 0 aliphatic heterocycles. The van der Waals surface area contributed by atoms with Gasteiger partial charge in [-0.2, -0.15) is 0 Å². The minimum atomic E-state index is -0.262. The van der Waals surface area contributed by atoms with E-state index >= 15 is 0 Å². The van der Waals surface area contributed by atoms with E-state index in [0.717, 1.165) is 5.56 Å². The van der Waals surface area contributed by atoms with E-state index in [0.29, 0.717) is 39.9 Å². The number of hydrogen-bond acceptors (Lipinski definition) is 6. The lowest BCUT2D eigenvalue weighted by molar-refractivity contribution is -0.118. The maximum Gasteiger partial charge on any atom is 0.262 e. The normalized spacial score (nSPS) is 10.6. The molecule has 3 aromatic carbocycles. The Morgan fingerprint density at radius 2 is 1.77 bits per heavy atom. The van der Waals surface area contributed by atoms with E-state index in [-0.39, 0.29) is 12.5 Å². The fourth-order valence-corrected chi connectivity index (χ4v) is 2.96.